The molecule has 0 atom stereocenters. The molecule has 0 saturated carbocycles. The second-order valence-corrected chi connectivity index (χ2v) is 3.54. The third-order valence-electron chi connectivity index (χ3n) is 1.83. The Balaban J connectivity index is 2.69. The highest BCUT2D eigenvalue weighted by molar-refractivity contribution is 7.09. The molecule has 0 aliphatic rings. The molecule has 2 aromatic rings. The average Bonchev–Trinajstić information content (AvgIpc) is 2.71. The van der Waals surface area contributed by atoms with E-state index in [1.807, 2.05) is 0 Å². The molecule has 0 aromatic carbocycles. The lowest BCUT2D eigenvalue weighted by Crippen LogP contribution is -2.15. The van der Waals surface area contributed by atoms with Crippen molar-refractivity contribution in [1.82, 2.24) is 19.1 Å². The zero-order chi connectivity index (χ0) is 11.0. The molecular weight excluding hydrogens is 220 g/mol. The molecule has 0 amide bonds. The summed E-state index contributed by atoms with van der Waals surface area (Å²) in [5.41, 5.74) is -0.0692. The Morgan fingerprint density at radius 2 is 2.40 bits per heavy atom. The fraction of sp³-hybridized carbons (Fsp3) is 0.143. The number of rotatable bonds is 2. The van der Waals surface area contributed by atoms with Gasteiger partial charge in [0.2, 0.25) is 0 Å². The summed E-state index contributed by atoms with van der Waals surface area (Å²) in [6.45, 7) is 1.58. The van der Waals surface area contributed by atoms with Crippen molar-refractivity contribution < 1.29 is 9.90 Å². The first-order valence-corrected chi connectivity index (χ1v) is 4.70. The lowest BCUT2D eigenvalue weighted by molar-refractivity contribution is 0.0696. The summed E-state index contributed by atoms with van der Waals surface area (Å²) < 4.78 is 5.01. The number of aromatic carboxylic acids is 1. The molecule has 0 aliphatic heterocycles. The Labute approximate surface area is 87.2 Å². The van der Waals surface area contributed by atoms with Gasteiger partial charge < -0.3 is 5.11 Å². The third kappa shape index (κ3) is 1.44. The second kappa shape index (κ2) is 3.31. The fourth-order valence-corrected chi connectivity index (χ4v) is 2.02. The van der Waals surface area contributed by atoms with E-state index in [4.69, 9.17) is 5.11 Å². The van der Waals surface area contributed by atoms with E-state index in [1.165, 1.54) is 6.33 Å². The van der Waals surface area contributed by atoms with Gasteiger partial charge in [0.25, 0.3) is 0 Å². The van der Waals surface area contributed by atoms with Gasteiger partial charge in [0.15, 0.2) is 0 Å². The molecule has 2 N–H and O–H groups in total. The van der Waals surface area contributed by atoms with Gasteiger partial charge in [0.05, 0.1) is 5.69 Å². The largest absolute Gasteiger partial charge is 0.478 e. The molecule has 0 fully saturated rings. The third-order valence-corrected chi connectivity index (χ3v) is 2.77. The van der Waals surface area contributed by atoms with Crippen LogP contribution in [0.1, 0.15) is 16.1 Å². The Bertz CT molecular complexity index is 567. The van der Waals surface area contributed by atoms with Crippen LogP contribution in [-0.2, 0) is 0 Å². The fourth-order valence-electron chi connectivity index (χ4n) is 1.16. The van der Waals surface area contributed by atoms with E-state index in [0.717, 1.165) is 16.1 Å². The maximum Gasteiger partial charge on any atom is 0.348 e. The number of nitrogens with zero attached hydrogens (tertiary/aromatic N) is 3. The smallest absolute Gasteiger partial charge is 0.348 e. The molecule has 2 aromatic heterocycles. The molecule has 0 aliphatic carbocycles. The van der Waals surface area contributed by atoms with E-state index in [9.17, 15) is 9.59 Å². The molecule has 0 saturated heterocycles. The summed E-state index contributed by atoms with van der Waals surface area (Å²) in [6, 6.07) is 0. The molecule has 0 radical (unpaired) electrons. The number of carbonyl (C=O) groups is 1. The number of hydrogen-bond acceptors (Lipinski definition) is 5. The van der Waals surface area contributed by atoms with Gasteiger partial charge in [-0.25, -0.2) is 19.3 Å². The summed E-state index contributed by atoms with van der Waals surface area (Å²) >= 11 is 0.949. The Kier molecular flexibility index (Phi) is 2.12. The van der Waals surface area contributed by atoms with Gasteiger partial charge in [-0.1, -0.05) is 0 Å². The minimum Gasteiger partial charge on any atom is -0.478 e. The lowest BCUT2D eigenvalue weighted by atomic mass is 10.2. The van der Waals surface area contributed by atoms with Gasteiger partial charge in [-0.3, -0.25) is 0 Å². The minimum atomic E-state index is -1.11. The number of aryl methyl sites for hydroxylation is 1. The summed E-state index contributed by atoms with van der Waals surface area (Å²) in [5, 5.41) is 14.9. The standard InChI is InChI=1S/C7H6N4O3S/c1-3-4(6(12)13)5(15-10-3)11-2-8-9-7(11)14/h2H,1H3,(H,9,14)(H,12,13). The van der Waals surface area contributed by atoms with Crippen LogP contribution < -0.4 is 5.69 Å². The number of hydrogen-bond donors (Lipinski definition) is 2. The maximum atomic E-state index is 11.2. The van der Waals surface area contributed by atoms with Crippen molar-refractivity contribution in [3.05, 3.63) is 28.1 Å². The molecule has 0 bridgehead atoms. The van der Waals surface area contributed by atoms with Crippen LogP contribution >= 0.6 is 11.5 Å². The number of aromatic amines is 1. The van der Waals surface area contributed by atoms with Crippen LogP contribution in [0.4, 0.5) is 0 Å². The van der Waals surface area contributed by atoms with Crippen LogP contribution in [0, 0.1) is 6.92 Å². The van der Waals surface area contributed by atoms with Crippen molar-refractivity contribution in [2.75, 3.05) is 0 Å². The maximum absolute atomic E-state index is 11.2. The normalized spacial score (nSPS) is 10.5. The molecule has 7 nitrogen and oxygen atoms in total. The van der Waals surface area contributed by atoms with E-state index in [-0.39, 0.29) is 10.6 Å². The number of H-pyrrole nitrogens is 1. The molecule has 15 heavy (non-hydrogen) atoms. The van der Waals surface area contributed by atoms with Gasteiger partial charge in [0.1, 0.15) is 16.9 Å². The van der Waals surface area contributed by atoms with Crippen LogP contribution in [0.5, 0.6) is 0 Å². The summed E-state index contributed by atoms with van der Waals surface area (Å²) in [4.78, 5) is 22.2. The van der Waals surface area contributed by atoms with Crippen molar-refractivity contribution in [2.45, 2.75) is 6.92 Å². The van der Waals surface area contributed by atoms with E-state index < -0.39 is 11.7 Å². The minimum absolute atomic E-state index is 0.0310. The lowest BCUT2D eigenvalue weighted by Gasteiger charge is -1.96. The summed E-state index contributed by atoms with van der Waals surface area (Å²) in [5.74, 6) is -1.11. The van der Waals surface area contributed by atoms with Gasteiger partial charge in [-0.05, 0) is 18.5 Å². The van der Waals surface area contributed by atoms with E-state index in [2.05, 4.69) is 14.6 Å². The number of carboxylic acids is 1. The predicted octanol–water partition coefficient (Wildman–Crippen LogP) is 0.0237. The summed E-state index contributed by atoms with van der Waals surface area (Å²) in [7, 11) is 0. The predicted molar refractivity (Wildman–Crippen MR) is 51.6 cm³/mol. The Hall–Kier alpha value is -1.96. The first-order chi connectivity index (χ1) is 7.11. The van der Waals surface area contributed by atoms with Crippen molar-refractivity contribution in [3.63, 3.8) is 0 Å². The van der Waals surface area contributed by atoms with Crippen LogP contribution in [-0.4, -0.2) is 30.2 Å². The SMILES string of the molecule is Cc1nsc(-n2cn[nH]c2=O)c1C(=O)O. The highest BCUT2D eigenvalue weighted by atomic mass is 32.1. The second-order valence-electron chi connectivity index (χ2n) is 2.78. The zero-order valence-corrected chi connectivity index (χ0v) is 8.41. The van der Waals surface area contributed by atoms with Crippen LogP contribution in [0.25, 0.3) is 5.00 Å². The van der Waals surface area contributed by atoms with Gasteiger partial charge in [-0.2, -0.15) is 9.47 Å². The van der Waals surface area contributed by atoms with Crippen LogP contribution in [0.15, 0.2) is 11.1 Å². The summed E-state index contributed by atoms with van der Waals surface area (Å²) in [6.07, 6.45) is 1.22. The number of nitrogens with one attached hydrogen (secondary N) is 1. The van der Waals surface area contributed by atoms with Crippen molar-refractivity contribution in [3.8, 4) is 5.00 Å². The van der Waals surface area contributed by atoms with Crippen molar-refractivity contribution in [2.24, 2.45) is 0 Å². The topological polar surface area (TPSA) is 101 Å². The number of carboxylic acid groups (broad SMARTS) is 1. The highest BCUT2D eigenvalue weighted by Crippen LogP contribution is 2.21. The molecule has 0 unspecified atom stereocenters. The van der Waals surface area contributed by atoms with Crippen molar-refractivity contribution in [1.29, 1.82) is 0 Å². The van der Waals surface area contributed by atoms with Gasteiger partial charge >= 0.3 is 11.7 Å². The van der Waals surface area contributed by atoms with Crippen molar-refractivity contribution >= 4 is 17.5 Å². The van der Waals surface area contributed by atoms with E-state index in [0.29, 0.717) is 5.69 Å². The molecule has 2 rings (SSSR count). The Morgan fingerprint density at radius 1 is 1.67 bits per heavy atom. The average molecular weight is 226 g/mol. The van der Waals surface area contributed by atoms with E-state index >= 15 is 0 Å². The Morgan fingerprint density at radius 3 is 2.93 bits per heavy atom. The van der Waals surface area contributed by atoms with Gasteiger partial charge in [-0.15, -0.1) is 0 Å². The monoisotopic (exact) mass is 226 g/mol. The first kappa shape index (κ1) is 9.59. The first-order valence-electron chi connectivity index (χ1n) is 3.93. The highest BCUT2D eigenvalue weighted by Gasteiger charge is 2.19. The molecule has 0 spiro atoms. The molecule has 8 heteroatoms. The van der Waals surface area contributed by atoms with Gasteiger partial charge in [0, 0.05) is 0 Å². The molecular formula is C7H6N4O3S. The zero-order valence-electron chi connectivity index (χ0n) is 7.59. The number of aromatic nitrogens is 4. The van der Waals surface area contributed by atoms with E-state index in [1.54, 1.807) is 6.92 Å². The molecule has 78 valence electrons. The molecule has 2 heterocycles. The quantitative estimate of drug-likeness (QED) is 0.751. The van der Waals surface area contributed by atoms with Crippen LogP contribution in [0.3, 0.4) is 0 Å². The van der Waals surface area contributed by atoms with Crippen LogP contribution in [0.2, 0.25) is 0 Å².